The van der Waals surface area contributed by atoms with Crippen LogP contribution in [-0.4, -0.2) is 36.4 Å². The van der Waals surface area contributed by atoms with Crippen molar-refractivity contribution >= 4 is 11.8 Å². The van der Waals surface area contributed by atoms with E-state index < -0.39 is 0 Å². The van der Waals surface area contributed by atoms with Crippen molar-refractivity contribution in [3.63, 3.8) is 0 Å². The number of hydrogen-bond acceptors (Lipinski definition) is 4. The SMILES string of the molecule is CCCNC1c2ccccc2OCC1SC1CCOC1C. The van der Waals surface area contributed by atoms with E-state index in [9.17, 15) is 0 Å². The highest BCUT2D eigenvalue weighted by Gasteiger charge is 2.35. The molecule has 2 aliphatic heterocycles. The summed E-state index contributed by atoms with van der Waals surface area (Å²) in [5.41, 5.74) is 1.31. The average molecular weight is 307 g/mol. The minimum atomic E-state index is 0.360. The van der Waals surface area contributed by atoms with Crippen molar-refractivity contribution in [1.82, 2.24) is 5.32 Å². The first-order chi connectivity index (χ1) is 10.3. The summed E-state index contributed by atoms with van der Waals surface area (Å²) in [4.78, 5) is 0. The molecule has 1 fully saturated rings. The Kier molecular flexibility index (Phi) is 5.09. The molecule has 0 radical (unpaired) electrons. The van der Waals surface area contributed by atoms with Crippen LogP contribution in [0.3, 0.4) is 0 Å². The van der Waals surface area contributed by atoms with Gasteiger partial charge in [-0.15, -0.1) is 11.8 Å². The fourth-order valence-corrected chi connectivity index (χ4v) is 4.64. The van der Waals surface area contributed by atoms with Crippen LogP contribution in [0.15, 0.2) is 24.3 Å². The van der Waals surface area contributed by atoms with Gasteiger partial charge in [-0.1, -0.05) is 25.1 Å². The Morgan fingerprint density at radius 2 is 2.14 bits per heavy atom. The van der Waals surface area contributed by atoms with Crippen LogP contribution in [0.2, 0.25) is 0 Å². The lowest BCUT2D eigenvalue weighted by molar-refractivity contribution is 0.127. The van der Waals surface area contributed by atoms with Gasteiger partial charge in [-0.3, -0.25) is 0 Å². The van der Waals surface area contributed by atoms with E-state index >= 15 is 0 Å². The first-order valence-electron chi connectivity index (χ1n) is 8.01. The summed E-state index contributed by atoms with van der Waals surface area (Å²) >= 11 is 2.05. The molecule has 0 aliphatic carbocycles. The summed E-state index contributed by atoms with van der Waals surface area (Å²) in [7, 11) is 0. The van der Waals surface area contributed by atoms with E-state index in [4.69, 9.17) is 9.47 Å². The summed E-state index contributed by atoms with van der Waals surface area (Å²) in [6.07, 6.45) is 2.67. The third-order valence-corrected chi connectivity index (χ3v) is 6.03. The highest BCUT2D eigenvalue weighted by Crippen LogP contribution is 2.41. The summed E-state index contributed by atoms with van der Waals surface area (Å²) in [5.74, 6) is 1.04. The maximum Gasteiger partial charge on any atom is 0.124 e. The van der Waals surface area contributed by atoms with E-state index in [2.05, 4.69) is 43.4 Å². The van der Waals surface area contributed by atoms with Gasteiger partial charge in [0.2, 0.25) is 0 Å². The van der Waals surface area contributed by atoms with E-state index in [1.165, 1.54) is 5.56 Å². The van der Waals surface area contributed by atoms with E-state index in [0.29, 0.717) is 22.6 Å². The third kappa shape index (κ3) is 3.38. The molecule has 0 aromatic heterocycles. The number of fused-ring (bicyclic) bond motifs is 1. The smallest absolute Gasteiger partial charge is 0.124 e. The Bertz CT molecular complexity index is 468. The Morgan fingerprint density at radius 3 is 2.90 bits per heavy atom. The number of nitrogens with one attached hydrogen (secondary N) is 1. The molecule has 4 atom stereocenters. The first-order valence-corrected chi connectivity index (χ1v) is 8.96. The molecule has 4 heteroatoms. The molecule has 1 N–H and O–H groups in total. The monoisotopic (exact) mass is 307 g/mol. The van der Waals surface area contributed by atoms with Gasteiger partial charge in [-0.05, 0) is 32.4 Å². The van der Waals surface area contributed by atoms with Crippen LogP contribution in [0.1, 0.15) is 38.3 Å². The van der Waals surface area contributed by atoms with Crippen LogP contribution < -0.4 is 10.1 Å². The highest BCUT2D eigenvalue weighted by molar-refractivity contribution is 8.00. The number of ether oxygens (including phenoxy) is 2. The number of hydrogen-bond donors (Lipinski definition) is 1. The van der Waals surface area contributed by atoms with Crippen LogP contribution in [0.5, 0.6) is 5.75 Å². The van der Waals surface area contributed by atoms with Crippen LogP contribution in [0, 0.1) is 0 Å². The van der Waals surface area contributed by atoms with Gasteiger partial charge >= 0.3 is 0 Å². The first kappa shape index (κ1) is 15.2. The molecular formula is C17H25NO2S. The Hall–Kier alpha value is -0.710. The summed E-state index contributed by atoms with van der Waals surface area (Å²) in [6, 6.07) is 8.82. The lowest BCUT2D eigenvalue weighted by Gasteiger charge is -2.35. The fraction of sp³-hybridized carbons (Fsp3) is 0.647. The topological polar surface area (TPSA) is 30.5 Å². The van der Waals surface area contributed by atoms with Crippen LogP contribution >= 0.6 is 11.8 Å². The highest BCUT2D eigenvalue weighted by atomic mass is 32.2. The van der Waals surface area contributed by atoms with Crippen molar-refractivity contribution < 1.29 is 9.47 Å². The molecule has 0 spiro atoms. The summed E-state index contributed by atoms with van der Waals surface area (Å²) in [6.45, 7) is 7.14. The zero-order valence-electron chi connectivity index (χ0n) is 12.9. The molecule has 0 saturated carbocycles. The molecule has 2 heterocycles. The molecule has 116 valence electrons. The van der Waals surface area contributed by atoms with E-state index in [0.717, 1.165) is 38.3 Å². The lowest BCUT2D eigenvalue weighted by Crippen LogP contribution is -2.39. The number of thioether (sulfide) groups is 1. The third-order valence-electron chi connectivity index (χ3n) is 4.30. The molecule has 1 aromatic carbocycles. The number of benzene rings is 1. The van der Waals surface area contributed by atoms with E-state index in [-0.39, 0.29) is 0 Å². The minimum Gasteiger partial charge on any atom is -0.492 e. The van der Waals surface area contributed by atoms with Gasteiger partial charge in [-0.2, -0.15) is 0 Å². The molecule has 3 nitrogen and oxygen atoms in total. The minimum absolute atomic E-state index is 0.360. The number of rotatable bonds is 5. The molecule has 4 unspecified atom stereocenters. The molecule has 3 rings (SSSR count). The molecule has 1 aromatic rings. The Labute approximate surface area is 131 Å². The zero-order valence-corrected chi connectivity index (χ0v) is 13.7. The second-order valence-electron chi connectivity index (χ2n) is 5.86. The van der Waals surface area contributed by atoms with Crippen molar-refractivity contribution in [3.05, 3.63) is 29.8 Å². The van der Waals surface area contributed by atoms with Crippen molar-refractivity contribution in [2.75, 3.05) is 19.8 Å². The van der Waals surface area contributed by atoms with Gasteiger partial charge in [0.1, 0.15) is 12.4 Å². The second kappa shape index (κ2) is 7.03. The normalized spacial score (nSPS) is 31.7. The predicted octanol–water partition coefficient (Wildman–Crippen LogP) is 3.40. The van der Waals surface area contributed by atoms with Gasteiger partial charge in [0.25, 0.3) is 0 Å². The van der Waals surface area contributed by atoms with Crippen molar-refractivity contribution in [2.24, 2.45) is 0 Å². The van der Waals surface area contributed by atoms with E-state index in [1.807, 2.05) is 11.8 Å². The predicted molar refractivity (Wildman–Crippen MR) is 88.2 cm³/mol. The van der Waals surface area contributed by atoms with E-state index in [1.54, 1.807) is 0 Å². The molecular weight excluding hydrogens is 282 g/mol. The average Bonchev–Trinajstić information content (AvgIpc) is 2.91. The van der Waals surface area contributed by atoms with Gasteiger partial charge in [0, 0.05) is 17.4 Å². The molecule has 2 aliphatic rings. The molecule has 21 heavy (non-hydrogen) atoms. The summed E-state index contributed by atoms with van der Waals surface area (Å²) in [5, 5.41) is 4.78. The zero-order chi connectivity index (χ0) is 14.7. The van der Waals surface area contributed by atoms with Crippen LogP contribution in [-0.2, 0) is 4.74 Å². The van der Waals surface area contributed by atoms with Gasteiger partial charge in [-0.25, -0.2) is 0 Å². The van der Waals surface area contributed by atoms with Gasteiger partial charge < -0.3 is 14.8 Å². The molecule has 0 bridgehead atoms. The van der Waals surface area contributed by atoms with Crippen LogP contribution in [0.4, 0.5) is 0 Å². The standard InChI is InChI=1S/C17H25NO2S/c1-3-9-18-17-13-6-4-5-7-14(13)20-11-16(17)21-15-8-10-19-12(15)2/h4-7,12,15-18H,3,8-11H2,1-2H3. The Balaban J connectivity index is 1.76. The van der Waals surface area contributed by atoms with Crippen molar-refractivity contribution in [1.29, 1.82) is 0 Å². The molecule has 1 saturated heterocycles. The van der Waals surface area contributed by atoms with Crippen molar-refractivity contribution in [2.45, 2.75) is 49.3 Å². The largest absolute Gasteiger partial charge is 0.492 e. The number of para-hydroxylation sites is 1. The maximum absolute atomic E-state index is 5.99. The quantitative estimate of drug-likeness (QED) is 0.903. The fourth-order valence-electron chi connectivity index (χ4n) is 3.11. The van der Waals surface area contributed by atoms with Gasteiger partial charge in [0.05, 0.1) is 17.4 Å². The maximum atomic E-state index is 5.99. The second-order valence-corrected chi connectivity index (χ2v) is 7.34. The van der Waals surface area contributed by atoms with Gasteiger partial charge in [0.15, 0.2) is 0 Å². The van der Waals surface area contributed by atoms with Crippen molar-refractivity contribution in [3.8, 4) is 5.75 Å². The lowest BCUT2D eigenvalue weighted by atomic mass is 10.00. The van der Waals surface area contributed by atoms with Crippen LogP contribution in [0.25, 0.3) is 0 Å². The molecule has 0 amide bonds. The summed E-state index contributed by atoms with van der Waals surface area (Å²) < 4.78 is 11.7. The Morgan fingerprint density at radius 1 is 1.29 bits per heavy atom.